The number of nitrogens with one attached hydrogen (secondary N) is 1. The molecule has 0 saturated heterocycles. The summed E-state index contributed by atoms with van der Waals surface area (Å²) >= 11 is 8.19. The van der Waals surface area contributed by atoms with Crippen LogP contribution in [0, 0.1) is 0 Å². The number of thiazole rings is 1. The molecule has 11 heteroatoms. The number of carbonyl (C=O) groups excluding carboxylic acids is 1. The second-order valence-electron chi connectivity index (χ2n) is 5.71. The third-order valence-corrected chi connectivity index (χ3v) is 8.50. The Bertz CT molecular complexity index is 1100. The van der Waals surface area contributed by atoms with E-state index in [0.29, 0.717) is 28.1 Å². The number of hydrogen-bond acceptors (Lipinski definition) is 7. The van der Waals surface area contributed by atoms with Crippen LogP contribution in [0.25, 0.3) is 0 Å². The number of fused-ring (bicyclic) bond motifs is 1. The predicted octanol–water partition coefficient (Wildman–Crippen LogP) is 3.25. The van der Waals surface area contributed by atoms with Crippen LogP contribution in [0.5, 0.6) is 0 Å². The fourth-order valence-corrected chi connectivity index (χ4v) is 6.80. The van der Waals surface area contributed by atoms with Crippen molar-refractivity contribution in [3.05, 3.63) is 57.1 Å². The average Bonchev–Trinajstić information content (AvgIpc) is 3.27. The van der Waals surface area contributed by atoms with E-state index in [-0.39, 0.29) is 16.7 Å². The molecule has 0 atom stereocenters. The summed E-state index contributed by atoms with van der Waals surface area (Å²) in [6.45, 7) is 0.562. The first-order valence-corrected chi connectivity index (χ1v) is 11.3. The quantitative estimate of drug-likeness (QED) is 0.672. The minimum Gasteiger partial charge on any atom is -0.296 e. The van der Waals surface area contributed by atoms with Crippen LogP contribution in [0.2, 0.25) is 4.34 Å². The molecule has 0 bridgehead atoms. The lowest BCUT2D eigenvalue weighted by Crippen LogP contribution is -2.35. The fourth-order valence-electron chi connectivity index (χ4n) is 2.65. The van der Waals surface area contributed by atoms with Gasteiger partial charge in [0.05, 0.1) is 16.6 Å². The number of anilines is 1. The van der Waals surface area contributed by atoms with Gasteiger partial charge in [0.1, 0.15) is 9.90 Å². The number of carbonyl (C=O) groups is 1. The van der Waals surface area contributed by atoms with E-state index >= 15 is 0 Å². The van der Waals surface area contributed by atoms with Gasteiger partial charge in [0, 0.05) is 24.0 Å². The van der Waals surface area contributed by atoms with E-state index in [1.54, 1.807) is 30.5 Å². The molecule has 4 rings (SSSR count). The van der Waals surface area contributed by atoms with E-state index in [1.807, 2.05) is 0 Å². The fraction of sp³-hybridized carbons (Fsp3) is 0.188. The van der Waals surface area contributed by atoms with E-state index in [1.165, 1.54) is 21.7 Å². The Morgan fingerprint density at radius 1 is 1.22 bits per heavy atom. The first kappa shape index (κ1) is 18.5. The molecule has 7 nitrogen and oxygen atoms in total. The monoisotopic (exact) mass is 440 g/mol. The van der Waals surface area contributed by atoms with Crippen LogP contribution >= 0.6 is 34.3 Å². The number of sulfonamides is 1. The molecule has 3 aromatic heterocycles. The summed E-state index contributed by atoms with van der Waals surface area (Å²) in [7, 11) is -3.59. The number of halogens is 1. The molecular formula is C16H13ClN4O3S3. The Morgan fingerprint density at radius 2 is 2.07 bits per heavy atom. The molecule has 0 spiro atoms. The van der Waals surface area contributed by atoms with Crippen molar-refractivity contribution in [2.45, 2.75) is 17.2 Å². The molecule has 0 radical (unpaired) electrons. The molecular weight excluding hydrogens is 428 g/mol. The van der Waals surface area contributed by atoms with Crippen molar-refractivity contribution < 1.29 is 13.2 Å². The molecule has 1 aliphatic rings. The third kappa shape index (κ3) is 3.76. The van der Waals surface area contributed by atoms with E-state index in [4.69, 9.17) is 11.6 Å². The second kappa shape index (κ2) is 7.28. The van der Waals surface area contributed by atoms with Crippen LogP contribution in [0.4, 0.5) is 5.13 Å². The van der Waals surface area contributed by atoms with Crippen LogP contribution in [-0.2, 0) is 23.0 Å². The van der Waals surface area contributed by atoms with Crippen LogP contribution in [0.3, 0.4) is 0 Å². The molecule has 4 heterocycles. The van der Waals surface area contributed by atoms with E-state index in [9.17, 15) is 13.2 Å². The first-order valence-electron chi connectivity index (χ1n) is 7.90. The number of amides is 1. The molecule has 0 aromatic carbocycles. The summed E-state index contributed by atoms with van der Waals surface area (Å²) in [4.78, 5) is 21.5. The van der Waals surface area contributed by atoms with Gasteiger partial charge in [-0.3, -0.25) is 15.1 Å². The van der Waals surface area contributed by atoms with Crippen molar-refractivity contribution in [2.24, 2.45) is 0 Å². The van der Waals surface area contributed by atoms with Crippen LogP contribution in [0.1, 0.15) is 21.1 Å². The van der Waals surface area contributed by atoms with Gasteiger partial charge in [0.25, 0.3) is 15.9 Å². The average molecular weight is 441 g/mol. The largest absolute Gasteiger partial charge is 0.296 e. The summed E-state index contributed by atoms with van der Waals surface area (Å²) in [5, 5.41) is 3.17. The van der Waals surface area contributed by atoms with Crippen molar-refractivity contribution in [1.29, 1.82) is 0 Å². The maximum atomic E-state index is 12.8. The lowest BCUT2D eigenvalue weighted by atomic mass is 10.2. The van der Waals surface area contributed by atoms with E-state index in [2.05, 4.69) is 15.3 Å². The number of pyridine rings is 1. The third-order valence-electron chi connectivity index (χ3n) is 3.96. The Balaban J connectivity index is 1.52. The number of hydrogen-bond donors (Lipinski definition) is 1. The van der Waals surface area contributed by atoms with E-state index < -0.39 is 10.0 Å². The molecule has 1 aliphatic heterocycles. The highest BCUT2D eigenvalue weighted by molar-refractivity contribution is 7.91. The first-order chi connectivity index (χ1) is 12.9. The van der Waals surface area contributed by atoms with Crippen LogP contribution in [0.15, 0.2) is 40.7 Å². The lowest BCUT2D eigenvalue weighted by molar-refractivity contribution is 0.102. The normalized spacial score (nSPS) is 14.7. The summed E-state index contributed by atoms with van der Waals surface area (Å²) in [6, 6.07) is 8.17. The summed E-state index contributed by atoms with van der Waals surface area (Å²) in [6.07, 6.45) is 2.03. The highest BCUT2D eigenvalue weighted by Crippen LogP contribution is 2.33. The molecule has 0 fully saturated rings. The van der Waals surface area contributed by atoms with Crippen LogP contribution in [-0.4, -0.2) is 35.1 Å². The summed E-state index contributed by atoms with van der Waals surface area (Å²) in [5.41, 5.74) is 1.11. The van der Waals surface area contributed by atoms with Gasteiger partial charge >= 0.3 is 0 Å². The zero-order valence-electron chi connectivity index (χ0n) is 13.8. The van der Waals surface area contributed by atoms with Crippen molar-refractivity contribution >= 4 is 55.3 Å². The smallest absolute Gasteiger partial charge is 0.276 e. The molecule has 1 amide bonds. The molecule has 140 valence electrons. The number of thiophene rings is 1. The van der Waals surface area contributed by atoms with Crippen molar-refractivity contribution in [1.82, 2.24) is 14.3 Å². The SMILES string of the molecule is O=C(Nc1nc2c(s1)CN(S(=O)(=O)c1ccc(Cl)s1)CC2)c1ccccn1. The van der Waals surface area contributed by atoms with E-state index in [0.717, 1.165) is 21.9 Å². The number of aromatic nitrogens is 2. The van der Waals surface area contributed by atoms with Crippen molar-refractivity contribution in [2.75, 3.05) is 11.9 Å². The molecule has 0 aliphatic carbocycles. The van der Waals surface area contributed by atoms with Gasteiger partial charge in [-0.15, -0.1) is 22.7 Å². The molecule has 1 N–H and O–H groups in total. The zero-order chi connectivity index (χ0) is 19.0. The Labute approximate surface area is 168 Å². The van der Waals surface area contributed by atoms with Gasteiger partial charge in [-0.1, -0.05) is 17.7 Å². The molecule has 27 heavy (non-hydrogen) atoms. The highest BCUT2D eigenvalue weighted by atomic mass is 35.5. The molecule has 0 saturated carbocycles. The molecule has 0 unspecified atom stereocenters. The predicted molar refractivity (Wildman–Crippen MR) is 105 cm³/mol. The van der Waals surface area contributed by atoms with Gasteiger partial charge in [-0.25, -0.2) is 13.4 Å². The number of rotatable bonds is 4. The maximum Gasteiger partial charge on any atom is 0.276 e. The maximum absolute atomic E-state index is 12.8. The highest BCUT2D eigenvalue weighted by Gasteiger charge is 2.31. The lowest BCUT2D eigenvalue weighted by Gasteiger charge is -2.24. The Kier molecular flexibility index (Phi) is 4.99. The second-order valence-corrected chi connectivity index (χ2v) is 10.7. The van der Waals surface area contributed by atoms with Gasteiger partial charge in [0.15, 0.2) is 5.13 Å². The van der Waals surface area contributed by atoms with Gasteiger partial charge in [-0.2, -0.15) is 4.31 Å². The van der Waals surface area contributed by atoms with Crippen molar-refractivity contribution in [3.8, 4) is 0 Å². The van der Waals surface area contributed by atoms with Crippen molar-refractivity contribution in [3.63, 3.8) is 0 Å². The minimum absolute atomic E-state index is 0.226. The Morgan fingerprint density at radius 3 is 2.78 bits per heavy atom. The standard InChI is InChI=1S/C16H13ClN4O3S3/c17-13-4-5-14(26-13)27(23,24)21-8-6-10-12(9-21)25-16(19-10)20-15(22)11-3-1-2-7-18-11/h1-5,7H,6,8-9H2,(H,19,20,22). The van der Waals surface area contributed by atoms with Gasteiger partial charge < -0.3 is 0 Å². The topological polar surface area (TPSA) is 92.3 Å². The van der Waals surface area contributed by atoms with Gasteiger partial charge in [-0.05, 0) is 24.3 Å². The van der Waals surface area contributed by atoms with Gasteiger partial charge in [0.2, 0.25) is 0 Å². The minimum atomic E-state index is -3.59. The zero-order valence-corrected chi connectivity index (χ0v) is 17.0. The number of nitrogens with zero attached hydrogens (tertiary/aromatic N) is 3. The summed E-state index contributed by atoms with van der Waals surface area (Å²) < 4.78 is 27.6. The molecule has 3 aromatic rings. The van der Waals surface area contributed by atoms with Crippen LogP contribution < -0.4 is 5.32 Å². The summed E-state index contributed by atoms with van der Waals surface area (Å²) in [5.74, 6) is -0.348. The Hall–Kier alpha value is -1.85.